The van der Waals surface area contributed by atoms with Crippen LogP contribution in [0.2, 0.25) is 5.02 Å². The molecule has 6 nitrogen and oxygen atoms in total. The third kappa shape index (κ3) is 5.31. The standard InChI is InChI=1S/C20H27ClN4O2/c1-23(9-10-27-2)19-12-20(26)25(22-13-19)18-7-4-8-24(15-18)14-16-5-3-6-17(21)11-16/h3,5-6,11-13,18H,4,7-10,14-15H2,1-2H3. The smallest absolute Gasteiger partial charge is 0.269 e. The van der Waals surface area contributed by atoms with Gasteiger partial charge >= 0.3 is 0 Å². The lowest BCUT2D eigenvalue weighted by Gasteiger charge is -2.33. The lowest BCUT2D eigenvalue weighted by Crippen LogP contribution is -2.40. The number of likely N-dealkylation sites (tertiary alicyclic amines) is 1. The summed E-state index contributed by atoms with van der Waals surface area (Å²) >= 11 is 6.09. The highest BCUT2D eigenvalue weighted by molar-refractivity contribution is 6.30. The number of nitrogens with zero attached hydrogens (tertiary/aromatic N) is 4. The van der Waals surface area contributed by atoms with Crippen LogP contribution in [0.1, 0.15) is 24.4 Å². The van der Waals surface area contributed by atoms with Crippen LogP contribution in [-0.4, -0.2) is 55.1 Å². The molecule has 1 saturated heterocycles. The number of ether oxygens (including phenoxy) is 1. The van der Waals surface area contributed by atoms with E-state index in [1.807, 2.05) is 30.1 Å². The van der Waals surface area contributed by atoms with Gasteiger partial charge in [-0.1, -0.05) is 23.7 Å². The second-order valence-corrected chi connectivity index (χ2v) is 7.51. The Kier molecular flexibility index (Phi) is 6.88. The van der Waals surface area contributed by atoms with E-state index in [-0.39, 0.29) is 11.6 Å². The van der Waals surface area contributed by atoms with E-state index in [0.29, 0.717) is 6.61 Å². The highest BCUT2D eigenvalue weighted by Crippen LogP contribution is 2.22. The molecule has 3 rings (SSSR count). The van der Waals surface area contributed by atoms with Gasteiger partial charge in [-0.05, 0) is 37.1 Å². The van der Waals surface area contributed by atoms with Crippen LogP contribution in [0.4, 0.5) is 5.69 Å². The Morgan fingerprint density at radius 2 is 2.22 bits per heavy atom. The number of hydrogen-bond donors (Lipinski definition) is 0. The van der Waals surface area contributed by atoms with Gasteiger partial charge in [-0.2, -0.15) is 5.10 Å². The Hall–Kier alpha value is -1.89. The Morgan fingerprint density at radius 3 is 2.96 bits per heavy atom. The van der Waals surface area contributed by atoms with Crippen LogP contribution in [0.5, 0.6) is 0 Å². The molecular formula is C20H27ClN4O2. The average molecular weight is 391 g/mol. The molecule has 2 heterocycles. The molecule has 2 aromatic rings. The Balaban J connectivity index is 1.67. The van der Waals surface area contributed by atoms with Crippen molar-refractivity contribution in [2.24, 2.45) is 0 Å². The summed E-state index contributed by atoms with van der Waals surface area (Å²) in [7, 11) is 3.61. The van der Waals surface area contributed by atoms with E-state index in [2.05, 4.69) is 16.1 Å². The maximum Gasteiger partial charge on any atom is 0.269 e. The van der Waals surface area contributed by atoms with Gasteiger partial charge in [0.1, 0.15) is 0 Å². The lowest BCUT2D eigenvalue weighted by atomic mass is 10.0. The molecule has 0 amide bonds. The van der Waals surface area contributed by atoms with E-state index in [1.54, 1.807) is 24.1 Å². The van der Waals surface area contributed by atoms with Crippen molar-refractivity contribution in [2.75, 3.05) is 45.3 Å². The molecule has 0 saturated carbocycles. The van der Waals surface area contributed by atoms with Crippen molar-refractivity contribution in [3.8, 4) is 0 Å². The molecule has 27 heavy (non-hydrogen) atoms. The number of benzene rings is 1. The molecule has 1 aromatic heterocycles. The van der Waals surface area contributed by atoms with Gasteiger partial charge in [-0.25, -0.2) is 4.68 Å². The predicted octanol–water partition coefficient (Wildman–Crippen LogP) is 2.82. The van der Waals surface area contributed by atoms with Crippen molar-refractivity contribution >= 4 is 17.3 Å². The fourth-order valence-electron chi connectivity index (χ4n) is 3.52. The number of anilines is 1. The van der Waals surface area contributed by atoms with E-state index in [9.17, 15) is 4.79 Å². The normalized spacial score (nSPS) is 17.8. The highest BCUT2D eigenvalue weighted by Gasteiger charge is 2.23. The maximum atomic E-state index is 12.6. The van der Waals surface area contributed by atoms with E-state index >= 15 is 0 Å². The van der Waals surface area contributed by atoms with Crippen LogP contribution >= 0.6 is 11.6 Å². The van der Waals surface area contributed by atoms with Gasteiger partial charge in [-0.15, -0.1) is 0 Å². The van der Waals surface area contributed by atoms with E-state index in [0.717, 1.165) is 49.7 Å². The molecule has 146 valence electrons. The molecule has 0 radical (unpaired) electrons. The Labute approximate surface area is 165 Å². The van der Waals surface area contributed by atoms with E-state index in [4.69, 9.17) is 16.3 Å². The summed E-state index contributed by atoms with van der Waals surface area (Å²) in [5, 5.41) is 5.22. The molecule has 0 aliphatic carbocycles. The van der Waals surface area contributed by atoms with Crippen LogP contribution in [0.25, 0.3) is 0 Å². The largest absolute Gasteiger partial charge is 0.383 e. The summed E-state index contributed by atoms with van der Waals surface area (Å²) in [4.78, 5) is 17.0. The number of aromatic nitrogens is 2. The zero-order valence-corrected chi connectivity index (χ0v) is 16.7. The Morgan fingerprint density at radius 1 is 1.37 bits per heavy atom. The molecule has 0 N–H and O–H groups in total. The number of rotatable bonds is 7. The average Bonchev–Trinajstić information content (AvgIpc) is 2.66. The van der Waals surface area contributed by atoms with Gasteiger partial charge in [0.2, 0.25) is 0 Å². The fraction of sp³-hybridized carbons (Fsp3) is 0.500. The molecule has 1 fully saturated rings. The molecule has 1 atom stereocenters. The predicted molar refractivity (Wildman–Crippen MR) is 109 cm³/mol. The molecule has 7 heteroatoms. The third-order valence-corrected chi connectivity index (χ3v) is 5.24. The summed E-state index contributed by atoms with van der Waals surface area (Å²) in [5.74, 6) is 0. The maximum absolute atomic E-state index is 12.6. The molecule has 1 unspecified atom stereocenters. The minimum absolute atomic E-state index is 0.0497. The minimum Gasteiger partial charge on any atom is -0.383 e. The summed E-state index contributed by atoms with van der Waals surface area (Å²) in [6.45, 7) is 4.01. The topological polar surface area (TPSA) is 50.6 Å². The monoisotopic (exact) mass is 390 g/mol. The van der Waals surface area contributed by atoms with Crippen LogP contribution in [0.3, 0.4) is 0 Å². The summed E-state index contributed by atoms with van der Waals surface area (Å²) in [6, 6.07) is 9.72. The molecular weight excluding hydrogens is 364 g/mol. The minimum atomic E-state index is -0.0497. The fourth-order valence-corrected chi connectivity index (χ4v) is 3.73. The van der Waals surface area contributed by atoms with Crippen molar-refractivity contribution in [2.45, 2.75) is 25.4 Å². The van der Waals surface area contributed by atoms with Gasteiger partial charge in [0.25, 0.3) is 5.56 Å². The summed E-state index contributed by atoms with van der Waals surface area (Å²) in [5.41, 5.74) is 1.96. The van der Waals surface area contributed by atoms with Gasteiger partial charge in [0.05, 0.1) is 24.5 Å². The highest BCUT2D eigenvalue weighted by atomic mass is 35.5. The molecule has 0 spiro atoms. The number of halogens is 1. The first-order valence-corrected chi connectivity index (χ1v) is 9.70. The SMILES string of the molecule is COCCN(C)c1cnn(C2CCCN(Cc3cccc(Cl)c3)C2)c(=O)c1. The molecule has 1 aliphatic heterocycles. The van der Waals surface area contributed by atoms with Gasteiger partial charge < -0.3 is 9.64 Å². The van der Waals surface area contributed by atoms with E-state index in [1.165, 1.54) is 5.56 Å². The second kappa shape index (κ2) is 9.35. The number of likely N-dealkylation sites (N-methyl/N-ethyl adjacent to an activating group) is 1. The van der Waals surface area contributed by atoms with Crippen molar-refractivity contribution in [1.29, 1.82) is 0 Å². The van der Waals surface area contributed by atoms with Gasteiger partial charge in [0.15, 0.2) is 0 Å². The van der Waals surface area contributed by atoms with Crippen molar-refractivity contribution in [3.63, 3.8) is 0 Å². The quantitative estimate of drug-likeness (QED) is 0.727. The zero-order chi connectivity index (χ0) is 19.2. The third-order valence-electron chi connectivity index (χ3n) is 5.00. The summed E-state index contributed by atoms with van der Waals surface area (Å²) < 4.78 is 6.73. The zero-order valence-electron chi connectivity index (χ0n) is 16.0. The molecule has 0 bridgehead atoms. The van der Waals surface area contributed by atoms with Crippen molar-refractivity contribution in [3.05, 3.63) is 57.5 Å². The van der Waals surface area contributed by atoms with Crippen LogP contribution in [0, 0.1) is 0 Å². The summed E-state index contributed by atoms with van der Waals surface area (Å²) in [6.07, 6.45) is 3.79. The number of hydrogen-bond acceptors (Lipinski definition) is 5. The van der Waals surface area contributed by atoms with Gasteiger partial charge in [-0.3, -0.25) is 9.69 Å². The van der Waals surface area contributed by atoms with Crippen LogP contribution in [0.15, 0.2) is 41.3 Å². The number of piperidine rings is 1. The van der Waals surface area contributed by atoms with E-state index < -0.39 is 0 Å². The van der Waals surface area contributed by atoms with Crippen LogP contribution < -0.4 is 10.5 Å². The molecule has 1 aromatic carbocycles. The van der Waals surface area contributed by atoms with Crippen molar-refractivity contribution < 1.29 is 4.74 Å². The van der Waals surface area contributed by atoms with Gasteiger partial charge in [0, 0.05) is 44.9 Å². The first kappa shape index (κ1) is 19.9. The first-order chi connectivity index (χ1) is 13.1. The number of methoxy groups -OCH3 is 1. The molecule has 1 aliphatic rings. The van der Waals surface area contributed by atoms with Crippen molar-refractivity contribution in [1.82, 2.24) is 14.7 Å². The lowest BCUT2D eigenvalue weighted by molar-refractivity contribution is 0.160. The first-order valence-electron chi connectivity index (χ1n) is 9.32. The second-order valence-electron chi connectivity index (χ2n) is 7.07. The Bertz CT molecular complexity index is 811. The van der Waals surface area contributed by atoms with Crippen LogP contribution in [-0.2, 0) is 11.3 Å².